The molecule has 0 aliphatic carbocycles. The molecule has 0 amide bonds. The van der Waals surface area contributed by atoms with E-state index in [2.05, 4.69) is 5.10 Å². The summed E-state index contributed by atoms with van der Waals surface area (Å²) in [6.07, 6.45) is 1.78. The van der Waals surface area contributed by atoms with Crippen molar-refractivity contribution in [3.05, 3.63) is 114 Å². The molecular weight excluding hydrogens is 417 g/mol. The van der Waals surface area contributed by atoms with E-state index in [1.165, 1.54) is 18.2 Å². The fourth-order valence-electron chi connectivity index (χ4n) is 3.97. The standard InChI is InChI=1S/C27H16FN3O2/c28-19-11-12-23-20(15-19)25(27(33-23)26(32)18-9-5-2-6-10-18)21-13-14-31-24(29-21)16-22(30-31)17-7-3-1-4-8-17/h1-16H. The monoisotopic (exact) mass is 433 g/mol. The molecule has 6 rings (SSSR count). The molecule has 0 unspecified atom stereocenters. The molecule has 33 heavy (non-hydrogen) atoms. The predicted octanol–water partition coefficient (Wildman–Crippen LogP) is 6.18. The van der Waals surface area contributed by atoms with Crippen LogP contribution in [0.2, 0.25) is 0 Å². The number of hydrogen-bond donors (Lipinski definition) is 0. The highest BCUT2D eigenvalue weighted by molar-refractivity contribution is 6.15. The van der Waals surface area contributed by atoms with E-state index in [1.807, 2.05) is 42.5 Å². The van der Waals surface area contributed by atoms with Gasteiger partial charge in [0, 0.05) is 28.8 Å². The third-order valence-corrected chi connectivity index (χ3v) is 5.54. The van der Waals surface area contributed by atoms with Gasteiger partial charge in [-0.3, -0.25) is 4.79 Å². The van der Waals surface area contributed by atoms with E-state index in [0.29, 0.717) is 33.4 Å². The number of aromatic nitrogens is 3. The maximum absolute atomic E-state index is 14.1. The number of hydrogen-bond acceptors (Lipinski definition) is 4. The van der Waals surface area contributed by atoms with Crippen molar-refractivity contribution in [1.29, 1.82) is 0 Å². The summed E-state index contributed by atoms with van der Waals surface area (Å²) in [4.78, 5) is 18.1. The van der Waals surface area contributed by atoms with Gasteiger partial charge in [-0.05, 0) is 24.3 Å². The van der Waals surface area contributed by atoms with Gasteiger partial charge in [0.1, 0.15) is 11.4 Å². The van der Waals surface area contributed by atoms with Gasteiger partial charge in [-0.25, -0.2) is 13.9 Å². The first kappa shape index (κ1) is 19.1. The van der Waals surface area contributed by atoms with Gasteiger partial charge in [0.15, 0.2) is 11.4 Å². The van der Waals surface area contributed by atoms with Crippen LogP contribution < -0.4 is 0 Å². The second-order valence-corrected chi connectivity index (χ2v) is 7.65. The Morgan fingerprint density at radius 2 is 1.61 bits per heavy atom. The van der Waals surface area contributed by atoms with Crippen molar-refractivity contribution in [2.24, 2.45) is 0 Å². The average molecular weight is 433 g/mol. The van der Waals surface area contributed by atoms with Crippen LogP contribution in [0.4, 0.5) is 4.39 Å². The first-order valence-corrected chi connectivity index (χ1v) is 10.4. The smallest absolute Gasteiger partial charge is 0.228 e. The largest absolute Gasteiger partial charge is 0.452 e. The first-order chi connectivity index (χ1) is 16.2. The third kappa shape index (κ3) is 3.29. The van der Waals surface area contributed by atoms with E-state index >= 15 is 0 Å². The number of carbonyl (C=O) groups excluding carboxylic acids is 1. The lowest BCUT2D eigenvalue weighted by atomic mass is 10.0. The van der Waals surface area contributed by atoms with Crippen LogP contribution in [0.1, 0.15) is 16.1 Å². The Bertz CT molecular complexity index is 1640. The molecule has 0 saturated carbocycles. The van der Waals surface area contributed by atoms with Gasteiger partial charge >= 0.3 is 0 Å². The number of carbonyl (C=O) groups is 1. The summed E-state index contributed by atoms with van der Waals surface area (Å²) in [6.45, 7) is 0. The van der Waals surface area contributed by atoms with Crippen molar-refractivity contribution >= 4 is 22.4 Å². The summed E-state index contributed by atoms with van der Waals surface area (Å²) in [5.41, 5.74) is 4.23. The number of nitrogens with zero attached hydrogens (tertiary/aromatic N) is 3. The summed E-state index contributed by atoms with van der Waals surface area (Å²) < 4.78 is 21.8. The fraction of sp³-hybridized carbons (Fsp3) is 0. The quantitative estimate of drug-likeness (QED) is 0.312. The highest BCUT2D eigenvalue weighted by Crippen LogP contribution is 2.36. The molecule has 0 bridgehead atoms. The lowest BCUT2D eigenvalue weighted by molar-refractivity contribution is 0.101. The van der Waals surface area contributed by atoms with Gasteiger partial charge in [0.2, 0.25) is 5.78 Å². The van der Waals surface area contributed by atoms with Crippen molar-refractivity contribution in [1.82, 2.24) is 14.6 Å². The number of furan rings is 1. The molecular formula is C27H16FN3O2. The van der Waals surface area contributed by atoms with Crippen LogP contribution in [0.15, 0.2) is 102 Å². The lowest BCUT2D eigenvalue weighted by Crippen LogP contribution is -2.02. The third-order valence-electron chi connectivity index (χ3n) is 5.54. The van der Waals surface area contributed by atoms with Gasteiger partial charge < -0.3 is 4.42 Å². The predicted molar refractivity (Wildman–Crippen MR) is 123 cm³/mol. The summed E-state index contributed by atoms with van der Waals surface area (Å²) in [5, 5.41) is 5.09. The summed E-state index contributed by atoms with van der Waals surface area (Å²) >= 11 is 0. The minimum absolute atomic E-state index is 0.126. The van der Waals surface area contributed by atoms with Crippen molar-refractivity contribution in [2.45, 2.75) is 0 Å². The number of rotatable bonds is 4. The normalized spacial score (nSPS) is 11.3. The first-order valence-electron chi connectivity index (χ1n) is 10.4. The average Bonchev–Trinajstić information content (AvgIpc) is 3.45. The van der Waals surface area contributed by atoms with Crippen LogP contribution in [0.25, 0.3) is 39.1 Å². The van der Waals surface area contributed by atoms with Gasteiger partial charge in [0.05, 0.1) is 17.0 Å². The van der Waals surface area contributed by atoms with E-state index in [4.69, 9.17) is 9.40 Å². The Labute approximate surface area is 187 Å². The van der Waals surface area contributed by atoms with E-state index in [9.17, 15) is 9.18 Å². The molecule has 0 saturated heterocycles. The minimum Gasteiger partial charge on any atom is -0.452 e. The Morgan fingerprint density at radius 1 is 0.848 bits per heavy atom. The Balaban J connectivity index is 1.55. The number of benzene rings is 3. The Kier molecular flexibility index (Phi) is 4.36. The van der Waals surface area contributed by atoms with Crippen molar-refractivity contribution < 1.29 is 13.6 Å². The SMILES string of the molecule is O=C(c1ccccc1)c1oc2ccc(F)cc2c1-c1ccn2nc(-c3ccccc3)cc2n1. The van der Waals surface area contributed by atoms with Crippen LogP contribution in [-0.4, -0.2) is 20.4 Å². The van der Waals surface area contributed by atoms with Gasteiger partial charge in [-0.15, -0.1) is 0 Å². The molecule has 0 spiro atoms. The second-order valence-electron chi connectivity index (χ2n) is 7.65. The molecule has 3 heterocycles. The maximum Gasteiger partial charge on any atom is 0.228 e. The van der Waals surface area contributed by atoms with Gasteiger partial charge in [0.25, 0.3) is 0 Å². The van der Waals surface area contributed by atoms with Gasteiger partial charge in [-0.2, -0.15) is 5.10 Å². The highest BCUT2D eigenvalue weighted by Gasteiger charge is 2.24. The van der Waals surface area contributed by atoms with Crippen LogP contribution in [-0.2, 0) is 0 Å². The zero-order valence-corrected chi connectivity index (χ0v) is 17.3. The Hall–Kier alpha value is -4.58. The van der Waals surface area contributed by atoms with E-state index in [0.717, 1.165) is 11.3 Å². The molecule has 0 atom stereocenters. The molecule has 0 aliphatic rings. The molecule has 3 aromatic heterocycles. The maximum atomic E-state index is 14.1. The number of halogens is 1. The number of fused-ring (bicyclic) bond motifs is 2. The lowest BCUT2D eigenvalue weighted by Gasteiger charge is -2.04. The minimum atomic E-state index is -0.417. The molecule has 0 fully saturated rings. The van der Waals surface area contributed by atoms with Crippen molar-refractivity contribution in [3.63, 3.8) is 0 Å². The highest BCUT2D eigenvalue weighted by atomic mass is 19.1. The fourth-order valence-corrected chi connectivity index (χ4v) is 3.97. The molecule has 158 valence electrons. The Morgan fingerprint density at radius 3 is 2.39 bits per heavy atom. The van der Waals surface area contributed by atoms with Crippen molar-refractivity contribution in [3.8, 4) is 22.5 Å². The molecule has 0 radical (unpaired) electrons. The molecule has 6 aromatic rings. The molecule has 3 aromatic carbocycles. The molecule has 0 N–H and O–H groups in total. The van der Waals surface area contributed by atoms with E-state index in [1.54, 1.807) is 41.0 Å². The topological polar surface area (TPSA) is 60.4 Å². The van der Waals surface area contributed by atoms with Crippen LogP contribution in [0.3, 0.4) is 0 Å². The van der Waals surface area contributed by atoms with Crippen LogP contribution in [0.5, 0.6) is 0 Å². The van der Waals surface area contributed by atoms with Crippen molar-refractivity contribution in [2.75, 3.05) is 0 Å². The van der Waals surface area contributed by atoms with Gasteiger partial charge in [-0.1, -0.05) is 60.7 Å². The van der Waals surface area contributed by atoms with E-state index in [-0.39, 0.29) is 11.5 Å². The van der Waals surface area contributed by atoms with E-state index < -0.39 is 5.82 Å². The van der Waals surface area contributed by atoms with Crippen LogP contribution in [0, 0.1) is 5.82 Å². The zero-order chi connectivity index (χ0) is 22.4. The molecule has 0 aliphatic heterocycles. The summed E-state index contributed by atoms with van der Waals surface area (Å²) in [6, 6.07) is 26.5. The zero-order valence-electron chi connectivity index (χ0n) is 17.3. The second kappa shape index (κ2) is 7.53. The summed E-state index contributed by atoms with van der Waals surface area (Å²) in [7, 11) is 0. The summed E-state index contributed by atoms with van der Waals surface area (Å²) in [5.74, 6) is -0.580. The van der Waals surface area contributed by atoms with Crippen LogP contribution >= 0.6 is 0 Å². The molecule has 5 nitrogen and oxygen atoms in total. The number of ketones is 1. The molecule has 6 heteroatoms.